The van der Waals surface area contributed by atoms with Crippen molar-refractivity contribution in [2.45, 2.75) is 0 Å². The van der Waals surface area contributed by atoms with Crippen molar-refractivity contribution in [3.05, 3.63) is 53.6 Å². The molecule has 136 valence electrons. The number of rotatable bonds is 7. The zero-order chi connectivity index (χ0) is 18.9. The van der Waals surface area contributed by atoms with E-state index in [1.165, 1.54) is 38.6 Å². The number of nitrogens with zero attached hydrogens (tertiary/aromatic N) is 1. The molecule has 0 aromatic heterocycles. The van der Waals surface area contributed by atoms with Crippen molar-refractivity contribution in [2.75, 3.05) is 20.8 Å². The molecule has 0 bridgehead atoms. The number of hydrazone groups is 1. The number of carbonyl (C=O) groups is 2. The molecule has 2 aromatic rings. The molecular formula is C18H19N3O5. The molecule has 2 amide bonds. The molecule has 0 aliphatic heterocycles. The second kappa shape index (κ2) is 9.07. The third kappa shape index (κ3) is 5.23. The molecule has 0 saturated heterocycles. The van der Waals surface area contributed by atoms with Crippen LogP contribution in [0.2, 0.25) is 0 Å². The van der Waals surface area contributed by atoms with E-state index in [0.717, 1.165) is 0 Å². The maximum Gasteiger partial charge on any atom is 0.259 e. The lowest BCUT2D eigenvalue weighted by Crippen LogP contribution is -2.34. The van der Waals surface area contributed by atoms with Gasteiger partial charge in [-0.1, -0.05) is 12.1 Å². The molecule has 0 radical (unpaired) electrons. The lowest BCUT2D eigenvalue weighted by atomic mass is 10.2. The van der Waals surface area contributed by atoms with Crippen LogP contribution in [0.25, 0.3) is 0 Å². The molecule has 0 fully saturated rings. The Labute approximate surface area is 150 Å². The van der Waals surface area contributed by atoms with Gasteiger partial charge in [0.2, 0.25) is 0 Å². The molecule has 2 rings (SSSR count). The Morgan fingerprint density at radius 3 is 2.58 bits per heavy atom. The average Bonchev–Trinajstić information content (AvgIpc) is 2.65. The van der Waals surface area contributed by atoms with E-state index in [0.29, 0.717) is 22.6 Å². The summed E-state index contributed by atoms with van der Waals surface area (Å²) in [4.78, 5) is 23.8. The molecule has 0 heterocycles. The van der Waals surface area contributed by atoms with Gasteiger partial charge in [-0.05, 0) is 35.9 Å². The minimum atomic E-state index is -0.491. The SMILES string of the molecule is COc1ccc(C(=O)NCC(=O)NN=Cc2cccc(O)c2)cc1OC. The van der Waals surface area contributed by atoms with Gasteiger partial charge in [0, 0.05) is 5.56 Å². The molecule has 0 saturated carbocycles. The number of hydrogen-bond acceptors (Lipinski definition) is 6. The molecule has 26 heavy (non-hydrogen) atoms. The number of phenolic OH excluding ortho intramolecular Hbond substituents is 1. The van der Waals surface area contributed by atoms with Gasteiger partial charge in [0.05, 0.1) is 27.0 Å². The summed E-state index contributed by atoms with van der Waals surface area (Å²) in [6.45, 7) is -0.245. The van der Waals surface area contributed by atoms with Gasteiger partial charge >= 0.3 is 0 Å². The number of ether oxygens (including phenoxy) is 2. The van der Waals surface area contributed by atoms with Crippen LogP contribution in [-0.2, 0) is 4.79 Å². The van der Waals surface area contributed by atoms with Crippen LogP contribution in [0.15, 0.2) is 47.6 Å². The maximum atomic E-state index is 12.1. The second-order valence-corrected chi connectivity index (χ2v) is 5.14. The number of aromatic hydroxyl groups is 1. The lowest BCUT2D eigenvalue weighted by molar-refractivity contribution is -0.120. The molecule has 0 atom stereocenters. The molecule has 8 heteroatoms. The van der Waals surface area contributed by atoms with Crippen molar-refractivity contribution in [1.29, 1.82) is 0 Å². The van der Waals surface area contributed by atoms with Crippen molar-refractivity contribution in [3.63, 3.8) is 0 Å². The van der Waals surface area contributed by atoms with E-state index in [9.17, 15) is 14.7 Å². The normalized spacial score (nSPS) is 10.4. The first-order valence-electron chi connectivity index (χ1n) is 7.64. The Bertz CT molecular complexity index is 820. The number of carbonyl (C=O) groups excluding carboxylic acids is 2. The van der Waals surface area contributed by atoms with Gasteiger partial charge in [0.15, 0.2) is 11.5 Å². The number of amides is 2. The third-order valence-corrected chi connectivity index (χ3v) is 3.33. The molecule has 0 unspecified atom stereocenters. The van der Waals surface area contributed by atoms with Gasteiger partial charge < -0.3 is 19.9 Å². The van der Waals surface area contributed by atoms with E-state index < -0.39 is 11.8 Å². The summed E-state index contributed by atoms with van der Waals surface area (Å²) in [5.41, 5.74) is 3.24. The highest BCUT2D eigenvalue weighted by molar-refractivity contribution is 5.97. The van der Waals surface area contributed by atoms with Crippen molar-refractivity contribution in [1.82, 2.24) is 10.7 Å². The summed E-state index contributed by atoms with van der Waals surface area (Å²) >= 11 is 0. The number of nitrogens with one attached hydrogen (secondary N) is 2. The number of hydrogen-bond donors (Lipinski definition) is 3. The zero-order valence-corrected chi connectivity index (χ0v) is 14.4. The largest absolute Gasteiger partial charge is 0.508 e. The molecule has 0 spiro atoms. The summed E-state index contributed by atoms with van der Waals surface area (Å²) in [6.07, 6.45) is 1.38. The Morgan fingerprint density at radius 2 is 1.88 bits per heavy atom. The Hall–Kier alpha value is -3.55. The fraction of sp³-hybridized carbons (Fsp3) is 0.167. The first-order chi connectivity index (χ1) is 12.5. The van der Waals surface area contributed by atoms with Gasteiger partial charge in [0.25, 0.3) is 11.8 Å². The molecular weight excluding hydrogens is 338 g/mol. The Morgan fingerprint density at radius 1 is 1.12 bits per heavy atom. The molecule has 8 nitrogen and oxygen atoms in total. The fourth-order valence-electron chi connectivity index (χ4n) is 2.06. The Kier molecular flexibility index (Phi) is 6.55. The average molecular weight is 357 g/mol. The maximum absolute atomic E-state index is 12.1. The summed E-state index contributed by atoms with van der Waals surface area (Å²) in [6, 6.07) is 11.1. The van der Waals surface area contributed by atoms with Crippen molar-refractivity contribution < 1.29 is 24.2 Å². The Balaban J connectivity index is 1.86. The van der Waals surface area contributed by atoms with Crippen LogP contribution in [0, 0.1) is 0 Å². The van der Waals surface area contributed by atoms with Crippen molar-refractivity contribution in [2.24, 2.45) is 5.10 Å². The second-order valence-electron chi connectivity index (χ2n) is 5.14. The van der Waals surface area contributed by atoms with Crippen molar-refractivity contribution in [3.8, 4) is 17.2 Å². The summed E-state index contributed by atoms with van der Waals surface area (Å²) in [5, 5.41) is 15.6. The van der Waals surface area contributed by atoms with E-state index >= 15 is 0 Å². The van der Waals surface area contributed by atoms with Gasteiger partial charge in [-0.2, -0.15) is 5.10 Å². The van der Waals surface area contributed by atoms with Crippen LogP contribution < -0.4 is 20.2 Å². The third-order valence-electron chi connectivity index (χ3n) is 3.33. The van der Waals surface area contributed by atoms with Gasteiger partial charge in [-0.3, -0.25) is 9.59 Å². The van der Waals surface area contributed by atoms with E-state index in [-0.39, 0.29) is 12.3 Å². The van der Waals surface area contributed by atoms with Gasteiger partial charge in [-0.15, -0.1) is 0 Å². The number of benzene rings is 2. The van der Waals surface area contributed by atoms with Gasteiger partial charge in [0.1, 0.15) is 5.75 Å². The van der Waals surface area contributed by atoms with Crippen LogP contribution >= 0.6 is 0 Å². The minimum Gasteiger partial charge on any atom is -0.508 e. The number of phenols is 1. The molecule has 2 aromatic carbocycles. The first kappa shape index (κ1) is 18.8. The molecule has 3 N–H and O–H groups in total. The fourth-order valence-corrected chi connectivity index (χ4v) is 2.06. The highest BCUT2D eigenvalue weighted by Gasteiger charge is 2.11. The van der Waals surface area contributed by atoms with Crippen LogP contribution in [0.1, 0.15) is 15.9 Å². The standard InChI is InChI=1S/C18H19N3O5/c1-25-15-7-6-13(9-16(15)26-2)18(24)19-11-17(23)21-20-10-12-4-3-5-14(22)8-12/h3-10,22H,11H2,1-2H3,(H,19,24)(H,21,23). The van der Waals surface area contributed by atoms with E-state index in [4.69, 9.17) is 9.47 Å². The lowest BCUT2D eigenvalue weighted by Gasteiger charge is -2.09. The van der Waals surface area contributed by atoms with Crippen molar-refractivity contribution >= 4 is 18.0 Å². The predicted molar refractivity (Wildman–Crippen MR) is 95.7 cm³/mol. The first-order valence-corrected chi connectivity index (χ1v) is 7.64. The van der Waals surface area contributed by atoms with E-state index in [1.807, 2.05) is 0 Å². The monoisotopic (exact) mass is 357 g/mol. The highest BCUT2D eigenvalue weighted by atomic mass is 16.5. The van der Waals surface area contributed by atoms with Crippen LogP contribution in [0.3, 0.4) is 0 Å². The summed E-state index contributed by atoms with van der Waals surface area (Å²) in [5.74, 6) is 0.0964. The minimum absolute atomic E-state index is 0.0995. The van der Waals surface area contributed by atoms with Crippen LogP contribution in [0.4, 0.5) is 0 Å². The zero-order valence-electron chi connectivity index (χ0n) is 14.4. The van der Waals surface area contributed by atoms with E-state index in [1.54, 1.807) is 24.3 Å². The topological polar surface area (TPSA) is 109 Å². The van der Waals surface area contributed by atoms with Crippen LogP contribution in [0.5, 0.6) is 17.2 Å². The van der Waals surface area contributed by atoms with Crippen LogP contribution in [-0.4, -0.2) is 43.9 Å². The molecule has 0 aliphatic rings. The summed E-state index contributed by atoms with van der Waals surface area (Å²) in [7, 11) is 2.97. The number of methoxy groups -OCH3 is 2. The van der Waals surface area contributed by atoms with E-state index in [2.05, 4.69) is 15.8 Å². The quantitative estimate of drug-likeness (QED) is 0.511. The molecule has 0 aliphatic carbocycles. The highest BCUT2D eigenvalue weighted by Crippen LogP contribution is 2.27. The van der Waals surface area contributed by atoms with Gasteiger partial charge in [-0.25, -0.2) is 5.43 Å². The summed E-state index contributed by atoms with van der Waals surface area (Å²) < 4.78 is 10.2. The predicted octanol–water partition coefficient (Wildman–Crippen LogP) is 1.29. The smallest absolute Gasteiger partial charge is 0.259 e.